The fraction of sp³-hybridized carbons (Fsp3) is 0.0833. The number of carbonyl (C=O) groups excluding carboxylic acids is 1. The number of carbonyl (C=O) groups is 1. The number of rotatable bonds is 2. The molecule has 0 unspecified atom stereocenters. The molecule has 17 heavy (non-hydrogen) atoms. The summed E-state index contributed by atoms with van der Waals surface area (Å²) in [5.74, 6) is -0.773. The lowest BCUT2D eigenvalue weighted by molar-refractivity contribution is 0.0601. The van der Waals surface area contributed by atoms with E-state index in [1.54, 1.807) is 18.5 Å². The van der Waals surface area contributed by atoms with Crippen molar-refractivity contribution in [3.63, 3.8) is 0 Å². The van der Waals surface area contributed by atoms with E-state index in [9.17, 15) is 9.18 Å². The molecule has 2 aromatic rings. The predicted octanol–water partition coefficient (Wildman–Crippen LogP) is 2.07. The Morgan fingerprint density at radius 3 is 2.65 bits per heavy atom. The third-order valence-electron chi connectivity index (χ3n) is 2.19. The Labute approximate surface area is 97.1 Å². The molecule has 86 valence electrons. The maximum atomic E-state index is 13.1. The predicted molar refractivity (Wildman–Crippen MR) is 58.8 cm³/mol. The van der Waals surface area contributed by atoms with Crippen molar-refractivity contribution >= 4 is 5.97 Å². The molecule has 0 bridgehead atoms. The number of esters is 1. The van der Waals surface area contributed by atoms with Crippen LogP contribution < -0.4 is 0 Å². The summed E-state index contributed by atoms with van der Waals surface area (Å²) in [6, 6.07) is 5.47. The first-order chi connectivity index (χ1) is 8.22. The van der Waals surface area contributed by atoms with Gasteiger partial charge in [-0.2, -0.15) is 0 Å². The molecule has 0 fully saturated rings. The smallest absolute Gasteiger partial charge is 0.338 e. The van der Waals surface area contributed by atoms with Gasteiger partial charge in [0.15, 0.2) is 5.82 Å². The van der Waals surface area contributed by atoms with Crippen LogP contribution in [0.25, 0.3) is 11.4 Å². The summed E-state index contributed by atoms with van der Waals surface area (Å²) in [6.45, 7) is 0. The van der Waals surface area contributed by atoms with Gasteiger partial charge in [0.2, 0.25) is 0 Å². The third kappa shape index (κ3) is 2.28. The number of methoxy groups -OCH3 is 1. The van der Waals surface area contributed by atoms with Gasteiger partial charge in [-0.1, -0.05) is 0 Å². The van der Waals surface area contributed by atoms with Gasteiger partial charge in [-0.3, -0.25) is 0 Å². The molecule has 0 aliphatic heterocycles. The Hall–Kier alpha value is -2.30. The summed E-state index contributed by atoms with van der Waals surface area (Å²) in [4.78, 5) is 19.5. The number of hydrogen-bond acceptors (Lipinski definition) is 4. The number of nitrogens with zero attached hydrogens (tertiary/aromatic N) is 2. The molecule has 0 saturated carbocycles. The lowest BCUT2D eigenvalue weighted by atomic mass is 10.1. The summed E-state index contributed by atoms with van der Waals surface area (Å²) < 4.78 is 17.7. The Morgan fingerprint density at radius 1 is 1.29 bits per heavy atom. The molecule has 0 N–H and O–H groups in total. The highest BCUT2D eigenvalue weighted by molar-refractivity contribution is 5.96. The summed E-state index contributed by atoms with van der Waals surface area (Å²) in [7, 11) is 1.24. The van der Waals surface area contributed by atoms with Crippen LogP contribution >= 0.6 is 0 Å². The Bertz CT molecular complexity index is 543. The molecule has 0 atom stereocenters. The van der Waals surface area contributed by atoms with E-state index in [0.29, 0.717) is 11.4 Å². The van der Waals surface area contributed by atoms with Crippen LogP contribution in [0.2, 0.25) is 0 Å². The van der Waals surface area contributed by atoms with Gasteiger partial charge in [0.25, 0.3) is 0 Å². The third-order valence-corrected chi connectivity index (χ3v) is 2.19. The van der Waals surface area contributed by atoms with E-state index in [0.717, 1.165) is 6.07 Å². The normalized spacial score (nSPS) is 10.0. The highest BCUT2D eigenvalue weighted by atomic mass is 19.1. The highest BCUT2D eigenvalue weighted by Gasteiger charge is 2.15. The monoisotopic (exact) mass is 232 g/mol. The van der Waals surface area contributed by atoms with E-state index in [4.69, 9.17) is 0 Å². The van der Waals surface area contributed by atoms with Crippen LogP contribution in [-0.4, -0.2) is 23.0 Å². The molecular weight excluding hydrogens is 223 g/mol. The van der Waals surface area contributed by atoms with Crippen molar-refractivity contribution < 1.29 is 13.9 Å². The average Bonchev–Trinajstić information content (AvgIpc) is 2.38. The molecule has 0 radical (unpaired) electrons. The fourth-order valence-electron chi connectivity index (χ4n) is 1.43. The van der Waals surface area contributed by atoms with Gasteiger partial charge < -0.3 is 4.74 Å². The first kappa shape index (κ1) is 11.2. The Morgan fingerprint density at radius 2 is 2.00 bits per heavy atom. The topological polar surface area (TPSA) is 52.1 Å². The van der Waals surface area contributed by atoms with Gasteiger partial charge in [-0.25, -0.2) is 19.2 Å². The van der Waals surface area contributed by atoms with Gasteiger partial charge in [0.1, 0.15) is 5.82 Å². The standard InChI is InChI=1S/C12H9FN2O2/c1-17-12(16)10-7-8(13)3-4-9(10)11-14-5-2-6-15-11/h2-7H,1H3. The van der Waals surface area contributed by atoms with Gasteiger partial charge in [0.05, 0.1) is 12.7 Å². The largest absolute Gasteiger partial charge is 0.465 e. The van der Waals surface area contributed by atoms with Crippen LogP contribution in [0.1, 0.15) is 10.4 Å². The maximum absolute atomic E-state index is 13.1. The van der Waals surface area contributed by atoms with E-state index in [2.05, 4.69) is 14.7 Å². The van der Waals surface area contributed by atoms with Crippen molar-refractivity contribution in [1.29, 1.82) is 0 Å². The quantitative estimate of drug-likeness (QED) is 0.744. The van der Waals surface area contributed by atoms with Crippen LogP contribution in [0, 0.1) is 5.82 Å². The fourth-order valence-corrected chi connectivity index (χ4v) is 1.43. The summed E-state index contributed by atoms with van der Waals surface area (Å²) in [6.07, 6.45) is 3.10. The number of ether oxygens (including phenoxy) is 1. The summed E-state index contributed by atoms with van der Waals surface area (Å²) >= 11 is 0. The van der Waals surface area contributed by atoms with E-state index >= 15 is 0 Å². The first-order valence-corrected chi connectivity index (χ1v) is 4.87. The van der Waals surface area contributed by atoms with Crippen LogP contribution in [0.15, 0.2) is 36.7 Å². The second kappa shape index (κ2) is 4.69. The molecule has 4 nitrogen and oxygen atoms in total. The van der Waals surface area contributed by atoms with E-state index in [1.807, 2.05) is 0 Å². The number of hydrogen-bond donors (Lipinski definition) is 0. The van der Waals surface area contributed by atoms with Crippen molar-refractivity contribution in [1.82, 2.24) is 9.97 Å². The average molecular weight is 232 g/mol. The van der Waals surface area contributed by atoms with Gasteiger partial charge >= 0.3 is 5.97 Å². The molecule has 0 spiro atoms. The van der Waals surface area contributed by atoms with Gasteiger partial charge in [0, 0.05) is 18.0 Å². The molecular formula is C12H9FN2O2. The minimum Gasteiger partial charge on any atom is -0.465 e. The number of aromatic nitrogens is 2. The maximum Gasteiger partial charge on any atom is 0.338 e. The molecule has 5 heteroatoms. The van der Waals surface area contributed by atoms with Crippen molar-refractivity contribution in [3.8, 4) is 11.4 Å². The zero-order valence-corrected chi connectivity index (χ0v) is 9.05. The van der Waals surface area contributed by atoms with Gasteiger partial charge in [-0.15, -0.1) is 0 Å². The van der Waals surface area contributed by atoms with E-state index < -0.39 is 11.8 Å². The zero-order chi connectivity index (χ0) is 12.3. The van der Waals surface area contributed by atoms with Crippen molar-refractivity contribution in [2.45, 2.75) is 0 Å². The van der Waals surface area contributed by atoms with E-state index in [-0.39, 0.29) is 5.56 Å². The molecule has 1 aromatic heterocycles. The van der Waals surface area contributed by atoms with Crippen molar-refractivity contribution in [2.24, 2.45) is 0 Å². The molecule has 2 rings (SSSR count). The van der Waals surface area contributed by atoms with Crippen LogP contribution in [-0.2, 0) is 4.74 Å². The molecule has 1 aromatic carbocycles. The highest BCUT2D eigenvalue weighted by Crippen LogP contribution is 2.21. The first-order valence-electron chi connectivity index (χ1n) is 4.87. The minimum absolute atomic E-state index is 0.110. The van der Waals surface area contributed by atoms with Crippen LogP contribution in [0.5, 0.6) is 0 Å². The van der Waals surface area contributed by atoms with Crippen molar-refractivity contribution in [2.75, 3.05) is 7.11 Å². The van der Waals surface area contributed by atoms with Crippen molar-refractivity contribution in [3.05, 3.63) is 48.0 Å². The molecule has 0 saturated heterocycles. The lowest BCUT2D eigenvalue weighted by Gasteiger charge is -2.06. The van der Waals surface area contributed by atoms with Crippen LogP contribution in [0.3, 0.4) is 0 Å². The lowest BCUT2D eigenvalue weighted by Crippen LogP contribution is -2.05. The number of benzene rings is 1. The Kier molecular flexibility index (Phi) is 3.09. The molecule has 0 amide bonds. The summed E-state index contributed by atoms with van der Waals surface area (Å²) in [5.41, 5.74) is 0.553. The Balaban J connectivity index is 2.58. The second-order valence-electron chi connectivity index (χ2n) is 3.25. The molecule has 0 aliphatic rings. The molecule has 1 heterocycles. The number of halogens is 1. The van der Waals surface area contributed by atoms with Crippen LogP contribution in [0.4, 0.5) is 4.39 Å². The SMILES string of the molecule is COC(=O)c1cc(F)ccc1-c1ncccn1. The van der Waals surface area contributed by atoms with E-state index in [1.165, 1.54) is 19.2 Å². The second-order valence-corrected chi connectivity index (χ2v) is 3.25. The summed E-state index contributed by atoms with van der Waals surface area (Å²) in [5, 5.41) is 0. The zero-order valence-electron chi connectivity index (χ0n) is 9.05. The molecule has 0 aliphatic carbocycles. The minimum atomic E-state index is -0.619. The van der Waals surface area contributed by atoms with Gasteiger partial charge in [-0.05, 0) is 24.3 Å².